The van der Waals surface area contributed by atoms with Gasteiger partial charge in [-0.2, -0.15) is 17.9 Å². The Morgan fingerprint density at radius 1 is 1.29 bits per heavy atom. The van der Waals surface area contributed by atoms with Gasteiger partial charge in [0.05, 0.1) is 18.1 Å². The lowest BCUT2D eigenvalue weighted by atomic mass is 10.4. The van der Waals surface area contributed by atoms with Crippen molar-refractivity contribution in [2.75, 3.05) is 12.4 Å². The van der Waals surface area contributed by atoms with Gasteiger partial charge in [-0.15, -0.1) is 5.10 Å². The van der Waals surface area contributed by atoms with E-state index in [1.54, 1.807) is 0 Å². The summed E-state index contributed by atoms with van der Waals surface area (Å²) >= 11 is 0. The lowest BCUT2D eigenvalue weighted by Gasteiger charge is -2.08. The van der Waals surface area contributed by atoms with Crippen LogP contribution in [0.3, 0.4) is 0 Å². The average molecular weight is 418 g/mol. The third kappa shape index (κ3) is 3.78. The number of hydrogen-bond donors (Lipinski definition) is 1. The smallest absolute Gasteiger partial charge is 0.422 e. The molecule has 3 heterocycles. The predicted molar refractivity (Wildman–Crippen MR) is 89.5 cm³/mol. The van der Waals surface area contributed by atoms with Crippen molar-refractivity contribution >= 4 is 15.5 Å². The number of nitrogens with zero attached hydrogens (tertiary/aromatic N) is 4. The van der Waals surface area contributed by atoms with Crippen LogP contribution in [-0.2, 0) is 9.84 Å². The first-order valence-corrected chi connectivity index (χ1v) is 9.40. The van der Waals surface area contributed by atoms with Crippen molar-refractivity contribution < 1.29 is 31.4 Å². The Labute approximate surface area is 155 Å². The second kappa shape index (κ2) is 6.82. The molecule has 3 aromatic rings. The molecule has 0 radical (unpaired) electrons. The highest BCUT2D eigenvalue weighted by Crippen LogP contribution is 2.23. The topological polar surface area (TPSA) is 116 Å². The molecule has 0 aliphatic rings. The Kier molecular flexibility index (Phi) is 4.79. The van der Waals surface area contributed by atoms with E-state index in [1.807, 2.05) is 0 Å². The molecule has 3 aromatic heterocycles. The summed E-state index contributed by atoms with van der Waals surface area (Å²) in [5.41, 5.74) is -0.850. The summed E-state index contributed by atoms with van der Waals surface area (Å²) < 4.78 is 67.6. The highest BCUT2D eigenvalue weighted by atomic mass is 32.2. The fourth-order valence-corrected chi connectivity index (χ4v) is 3.34. The molecule has 0 bridgehead atoms. The molecule has 0 spiro atoms. The first-order chi connectivity index (χ1) is 13.0. The SMILES string of the molecule is CCS(=O)(=O)c1cc(O)cnc1-n1nc2ccc(OCC(F)(F)F)cn2c1=O. The molecular formula is C15H13F3N4O5S. The summed E-state index contributed by atoms with van der Waals surface area (Å²) in [6, 6.07) is 3.36. The van der Waals surface area contributed by atoms with Crippen LogP contribution >= 0.6 is 0 Å². The van der Waals surface area contributed by atoms with Gasteiger partial charge in [0, 0.05) is 6.07 Å². The summed E-state index contributed by atoms with van der Waals surface area (Å²) in [4.78, 5) is 16.0. The molecule has 0 aliphatic carbocycles. The third-order valence-corrected chi connectivity index (χ3v) is 5.36. The van der Waals surface area contributed by atoms with Crippen LogP contribution in [0.4, 0.5) is 13.2 Å². The molecule has 0 aliphatic heterocycles. The molecule has 150 valence electrons. The Morgan fingerprint density at radius 2 is 2.00 bits per heavy atom. The largest absolute Gasteiger partial charge is 0.506 e. The van der Waals surface area contributed by atoms with Gasteiger partial charge < -0.3 is 9.84 Å². The number of pyridine rings is 2. The molecule has 0 atom stereocenters. The van der Waals surface area contributed by atoms with Gasteiger partial charge in [-0.25, -0.2) is 22.6 Å². The number of aromatic hydroxyl groups is 1. The Balaban J connectivity index is 2.13. The molecule has 1 N–H and O–H groups in total. The summed E-state index contributed by atoms with van der Waals surface area (Å²) in [6.07, 6.45) is -2.61. The van der Waals surface area contributed by atoms with Crippen LogP contribution in [0, 0.1) is 0 Å². The Morgan fingerprint density at radius 3 is 2.64 bits per heavy atom. The van der Waals surface area contributed by atoms with Crippen LogP contribution in [0.1, 0.15) is 6.92 Å². The van der Waals surface area contributed by atoms with E-state index in [1.165, 1.54) is 19.1 Å². The maximum absolute atomic E-state index is 12.6. The maximum Gasteiger partial charge on any atom is 0.422 e. The molecule has 0 aromatic carbocycles. The quantitative estimate of drug-likeness (QED) is 0.664. The van der Waals surface area contributed by atoms with Gasteiger partial charge >= 0.3 is 11.9 Å². The highest BCUT2D eigenvalue weighted by Gasteiger charge is 2.28. The van der Waals surface area contributed by atoms with E-state index in [2.05, 4.69) is 14.8 Å². The van der Waals surface area contributed by atoms with Crippen molar-refractivity contribution in [2.24, 2.45) is 0 Å². The maximum atomic E-state index is 12.6. The number of rotatable bonds is 5. The van der Waals surface area contributed by atoms with Crippen molar-refractivity contribution in [1.29, 1.82) is 0 Å². The lowest BCUT2D eigenvalue weighted by Crippen LogP contribution is -2.23. The lowest BCUT2D eigenvalue weighted by molar-refractivity contribution is -0.153. The van der Waals surface area contributed by atoms with Gasteiger partial charge in [0.2, 0.25) is 0 Å². The number of fused-ring (bicyclic) bond motifs is 1. The number of ether oxygens (including phenoxy) is 1. The molecule has 0 unspecified atom stereocenters. The van der Waals surface area contributed by atoms with Crippen LogP contribution in [0.25, 0.3) is 11.5 Å². The van der Waals surface area contributed by atoms with E-state index < -0.39 is 39.0 Å². The fourth-order valence-electron chi connectivity index (χ4n) is 2.31. The highest BCUT2D eigenvalue weighted by molar-refractivity contribution is 7.91. The van der Waals surface area contributed by atoms with Crippen LogP contribution < -0.4 is 10.4 Å². The predicted octanol–water partition coefficient (Wildman–Crippen LogP) is 1.32. The molecular weight excluding hydrogens is 405 g/mol. The first-order valence-electron chi connectivity index (χ1n) is 7.75. The van der Waals surface area contributed by atoms with Gasteiger partial charge in [0.15, 0.2) is 27.9 Å². The second-order valence-electron chi connectivity index (χ2n) is 5.61. The van der Waals surface area contributed by atoms with Gasteiger partial charge in [0.1, 0.15) is 16.4 Å². The Hall–Kier alpha value is -3.09. The minimum Gasteiger partial charge on any atom is -0.506 e. The van der Waals surface area contributed by atoms with Crippen LogP contribution in [0.5, 0.6) is 11.5 Å². The van der Waals surface area contributed by atoms with Gasteiger partial charge in [-0.3, -0.25) is 0 Å². The number of hydrogen-bond acceptors (Lipinski definition) is 7. The van der Waals surface area contributed by atoms with E-state index in [4.69, 9.17) is 0 Å². The van der Waals surface area contributed by atoms with Crippen molar-refractivity contribution in [2.45, 2.75) is 18.0 Å². The molecule has 0 fully saturated rings. The summed E-state index contributed by atoms with van der Waals surface area (Å²) in [6.45, 7) is -0.167. The zero-order chi connectivity index (χ0) is 20.7. The minimum atomic E-state index is -4.55. The fraction of sp³-hybridized carbons (Fsp3) is 0.267. The van der Waals surface area contributed by atoms with E-state index in [0.717, 1.165) is 22.9 Å². The zero-order valence-electron chi connectivity index (χ0n) is 14.2. The number of sulfone groups is 1. The van der Waals surface area contributed by atoms with Gasteiger partial charge in [-0.1, -0.05) is 6.92 Å². The molecule has 0 saturated carbocycles. The van der Waals surface area contributed by atoms with Gasteiger partial charge in [0.25, 0.3) is 0 Å². The standard InChI is InChI=1S/C15H13F3N4O5S/c1-2-28(25,26)11-5-9(23)6-19-13(11)22-14(24)21-7-10(3-4-12(21)20-22)27-8-15(16,17)18/h3-7,23H,2,8H2,1H3. The molecule has 3 rings (SSSR count). The normalized spacial score (nSPS) is 12.4. The van der Waals surface area contributed by atoms with Gasteiger partial charge in [-0.05, 0) is 12.1 Å². The van der Waals surface area contributed by atoms with E-state index in [0.29, 0.717) is 4.68 Å². The van der Waals surface area contributed by atoms with Crippen LogP contribution in [0.2, 0.25) is 0 Å². The van der Waals surface area contributed by atoms with Crippen molar-refractivity contribution in [1.82, 2.24) is 19.2 Å². The second-order valence-corrected chi connectivity index (χ2v) is 7.86. The molecule has 28 heavy (non-hydrogen) atoms. The molecule has 0 saturated heterocycles. The third-order valence-electron chi connectivity index (χ3n) is 3.63. The average Bonchev–Trinajstić information content (AvgIpc) is 2.95. The monoisotopic (exact) mass is 418 g/mol. The first kappa shape index (κ1) is 19.7. The summed E-state index contributed by atoms with van der Waals surface area (Å²) in [7, 11) is -3.87. The zero-order valence-corrected chi connectivity index (χ0v) is 15.0. The van der Waals surface area contributed by atoms with E-state index >= 15 is 0 Å². The molecule has 9 nitrogen and oxygen atoms in total. The molecule has 13 heteroatoms. The number of aromatic nitrogens is 4. The number of halogens is 3. The minimum absolute atomic E-state index is 0.0269. The number of alkyl halides is 3. The van der Waals surface area contributed by atoms with Crippen molar-refractivity contribution in [3.63, 3.8) is 0 Å². The van der Waals surface area contributed by atoms with Crippen molar-refractivity contribution in [3.8, 4) is 17.3 Å². The Bertz CT molecular complexity index is 1200. The van der Waals surface area contributed by atoms with Crippen LogP contribution in [0.15, 0.2) is 40.3 Å². The van der Waals surface area contributed by atoms with Crippen molar-refractivity contribution in [3.05, 3.63) is 41.1 Å². The summed E-state index contributed by atoms with van der Waals surface area (Å²) in [5, 5.41) is 13.5. The summed E-state index contributed by atoms with van der Waals surface area (Å²) in [5.74, 6) is -1.31. The van der Waals surface area contributed by atoms with Crippen LogP contribution in [-0.4, -0.2) is 51.2 Å². The van der Waals surface area contributed by atoms with E-state index in [9.17, 15) is 31.5 Å². The molecule has 0 amide bonds. The van der Waals surface area contributed by atoms with E-state index in [-0.39, 0.29) is 23.0 Å².